The zero-order valence-corrected chi connectivity index (χ0v) is 9.59. The highest BCUT2D eigenvalue weighted by Gasteiger charge is 2.02. The fraction of sp³-hybridized carbons (Fsp3) is 0.600. The van der Waals surface area contributed by atoms with Gasteiger partial charge in [-0.3, -0.25) is 4.98 Å². The van der Waals surface area contributed by atoms with Crippen molar-refractivity contribution >= 4 is 11.5 Å². The van der Waals surface area contributed by atoms with Gasteiger partial charge in [0.25, 0.3) is 0 Å². The third-order valence-electron chi connectivity index (χ3n) is 2.37. The summed E-state index contributed by atoms with van der Waals surface area (Å²) in [5.41, 5.74) is 0.661. The molecule has 6 heteroatoms. The average Bonchev–Trinajstić information content (AvgIpc) is 2.72. The summed E-state index contributed by atoms with van der Waals surface area (Å²) in [4.78, 5) is 4.07. The number of hydrogen-bond donors (Lipinski definition) is 1. The van der Waals surface area contributed by atoms with Crippen molar-refractivity contribution in [2.45, 2.75) is 26.7 Å². The largest absolute Gasteiger partial charge is 0.369 e. The van der Waals surface area contributed by atoms with Crippen molar-refractivity contribution in [1.82, 2.24) is 25.0 Å². The Morgan fingerprint density at radius 1 is 1.38 bits per heavy atom. The molecule has 0 fully saturated rings. The molecule has 0 saturated carbocycles. The Bertz CT molecular complexity index is 449. The molecule has 0 radical (unpaired) electrons. The number of hydrogen-bond acceptors (Lipinski definition) is 5. The summed E-state index contributed by atoms with van der Waals surface area (Å²) in [6.07, 6.45) is 5.72. The van der Waals surface area contributed by atoms with E-state index in [2.05, 4.69) is 39.7 Å². The molecular formula is C10H16N6. The van der Waals surface area contributed by atoms with Gasteiger partial charge in [-0.05, 0) is 29.2 Å². The Kier molecular flexibility index (Phi) is 3.28. The van der Waals surface area contributed by atoms with Crippen LogP contribution < -0.4 is 5.32 Å². The first-order valence-electron chi connectivity index (χ1n) is 5.53. The van der Waals surface area contributed by atoms with E-state index in [1.54, 1.807) is 16.9 Å². The Hall–Kier alpha value is -1.72. The van der Waals surface area contributed by atoms with Crippen molar-refractivity contribution < 1.29 is 0 Å². The predicted molar refractivity (Wildman–Crippen MR) is 61.1 cm³/mol. The van der Waals surface area contributed by atoms with E-state index in [0.717, 1.165) is 24.7 Å². The van der Waals surface area contributed by atoms with Crippen molar-refractivity contribution in [3.05, 3.63) is 12.4 Å². The van der Waals surface area contributed by atoms with E-state index in [0.29, 0.717) is 5.65 Å². The van der Waals surface area contributed by atoms with Gasteiger partial charge in [-0.1, -0.05) is 13.8 Å². The van der Waals surface area contributed by atoms with Crippen LogP contribution >= 0.6 is 0 Å². The highest BCUT2D eigenvalue weighted by atomic mass is 15.5. The molecule has 0 aliphatic rings. The fourth-order valence-electron chi connectivity index (χ4n) is 1.52. The molecule has 0 unspecified atom stereocenters. The van der Waals surface area contributed by atoms with Crippen molar-refractivity contribution in [2.24, 2.45) is 5.92 Å². The zero-order chi connectivity index (χ0) is 11.4. The van der Waals surface area contributed by atoms with Crippen LogP contribution in [-0.4, -0.2) is 31.6 Å². The molecule has 2 aromatic heterocycles. The Balaban J connectivity index is 1.96. The molecule has 16 heavy (non-hydrogen) atoms. The molecule has 0 aliphatic heterocycles. The lowest BCUT2D eigenvalue weighted by Crippen LogP contribution is -2.08. The van der Waals surface area contributed by atoms with Gasteiger partial charge < -0.3 is 5.32 Å². The third-order valence-corrected chi connectivity index (χ3v) is 2.37. The van der Waals surface area contributed by atoms with Crippen molar-refractivity contribution in [1.29, 1.82) is 0 Å². The number of tetrazole rings is 1. The molecule has 6 nitrogen and oxygen atoms in total. The first kappa shape index (κ1) is 10.8. The summed E-state index contributed by atoms with van der Waals surface area (Å²) >= 11 is 0. The highest BCUT2D eigenvalue weighted by Crippen LogP contribution is 2.07. The average molecular weight is 220 g/mol. The van der Waals surface area contributed by atoms with Gasteiger partial charge in [0.2, 0.25) is 0 Å². The number of nitrogens with one attached hydrogen (secondary N) is 1. The number of nitrogens with zero attached hydrogens (tertiary/aromatic N) is 5. The number of rotatable bonds is 5. The van der Waals surface area contributed by atoms with Gasteiger partial charge in [0.15, 0.2) is 5.65 Å². The number of fused-ring (bicyclic) bond motifs is 1. The van der Waals surface area contributed by atoms with Crippen LogP contribution in [-0.2, 0) is 0 Å². The molecular weight excluding hydrogens is 204 g/mol. The van der Waals surface area contributed by atoms with E-state index in [1.807, 2.05) is 0 Å². The van der Waals surface area contributed by atoms with Crippen LogP contribution in [0.15, 0.2) is 12.4 Å². The van der Waals surface area contributed by atoms with Gasteiger partial charge in [0.05, 0.1) is 12.4 Å². The fourth-order valence-corrected chi connectivity index (χ4v) is 1.52. The van der Waals surface area contributed by atoms with E-state index in [-0.39, 0.29) is 0 Å². The monoisotopic (exact) mass is 220 g/mol. The predicted octanol–water partition coefficient (Wildman–Crippen LogP) is 1.37. The van der Waals surface area contributed by atoms with E-state index >= 15 is 0 Å². The minimum atomic E-state index is 0.661. The van der Waals surface area contributed by atoms with Crippen LogP contribution in [0, 0.1) is 5.92 Å². The summed E-state index contributed by atoms with van der Waals surface area (Å²) in [7, 11) is 0. The maximum atomic E-state index is 4.07. The normalized spacial score (nSPS) is 11.2. The highest BCUT2D eigenvalue weighted by molar-refractivity contribution is 5.43. The molecule has 86 valence electrons. The quantitative estimate of drug-likeness (QED) is 0.771. The van der Waals surface area contributed by atoms with Crippen LogP contribution in [0.25, 0.3) is 5.65 Å². The summed E-state index contributed by atoms with van der Waals surface area (Å²) < 4.78 is 1.66. The minimum absolute atomic E-state index is 0.661. The SMILES string of the molecule is CC(C)CCCNc1cncc2nnnn12. The molecule has 0 bridgehead atoms. The van der Waals surface area contributed by atoms with Crippen molar-refractivity contribution in [3.63, 3.8) is 0 Å². The van der Waals surface area contributed by atoms with Crippen LogP contribution in [0.5, 0.6) is 0 Å². The molecule has 2 heterocycles. The first-order valence-corrected chi connectivity index (χ1v) is 5.53. The Labute approximate surface area is 94.1 Å². The summed E-state index contributed by atoms with van der Waals surface area (Å²) in [6.45, 7) is 5.37. The smallest absolute Gasteiger partial charge is 0.199 e. The second kappa shape index (κ2) is 4.87. The molecule has 0 aromatic carbocycles. The van der Waals surface area contributed by atoms with Crippen LogP contribution in [0.2, 0.25) is 0 Å². The molecule has 0 spiro atoms. The van der Waals surface area contributed by atoms with Crippen LogP contribution in [0.3, 0.4) is 0 Å². The van der Waals surface area contributed by atoms with Crippen molar-refractivity contribution in [3.8, 4) is 0 Å². The van der Waals surface area contributed by atoms with E-state index < -0.39 is 0 Å². The number of aromatic nitrogens is 5. The number of anilines is 1. The van der Waals surface area contributed by atoms with E-state index in [4.69, 9.17) is 0 Å². The maximum Gasteiger partial charge on any atom is 0.199 e. The Morgan fingerprint density at radius 3 is 3.06 bits per heavy atom. The second-order valence-electron chi connectivity index (χ2n) is 4.20. The summed E-state index contributed by atoms with van der Waals surface area (Å²) in [5.74, 6) is 1.58. The molecule has 0 amide bonds. The molecule has 0 atom stereocenters. The Morgan fingerprint density at radius 2 is 2.25 bits per heavy atom. The summed E-state index contributed by atoms with van der Waals surface area (Å²) in [5, 5.41) is 14.6. The minimum Gasteiger partial charge on any atom is -0.369 e. The van der Waals surface area contributed by atoms with Crippen molar-refractivity contribution in [2.75, 3.05) is 11.9 Å². The maximum absolute atomic E-state index is 4.07. The van der Waals surface area contributed by atoms with Gasteiger partial charge in [0, 0.05) is 6.54 Å². The molecule has 2 rings (SSSR count). The zero-order valence-electron chi connectivity index (χ0n) is 9.59. The second-order valence-corrected chi connectivity index (χ2v) is 4.20. The molecule has 2 aromatic rings. The van der Waals surface area contributed by atoms with Gasteiger partial charge in [0.1, 0.15) is 5.82 Å². The third kappa shape index (κ3) is 2.44. The lowest BCUT2D eigenvalue weighted by atomic mass is 10.1. The molecule has 0 saturated heterocycles. The lowest BCUT2D eigenvalue weighted by Gasteiger charge is -2.07. The summed E-state index contributed by atoms with van der Waals surface area (Å²) in [6, 6.07) is 0. The van der Waals surface area contributed by atoms with Gasteiger partial charge in [-0.2, -0.15) is 4.52 Å². The van der Waals surface area contributed by atoms with Crippen LogP contribution in [0.4, 0.5) is 5.82 Å². The van der Waals surface area contributed by atoms with E-state index in [9.17, 15) is 0 Å². The van der Waals surface area contributed by atoms with Crippen LogP contribution in [0.1, 0.15) is 26.7 Å². The first-order chi connectivity index (χ1) is 7.77. The topological polar surface area (TPSA) is 68.0 Å². The van der Waals surface area contributed by atoms with Gasteiger partial charge >= 0.3 is 0 Å². The van der Waals surface area contributed by atoms with Gasteiger partial charge in [-0.25, -0.2) is 0 Å². The van der Waals surface area contributed by atoms with E-state index in [1.165, 1.54) is 6.42 Å². The molecule has 1 N–H and O–H groups in total. The lowest BCUT2D eigenvalue weighted by molar-refractivity contribution is 0.566. The standard InChI is InChI=1S/C10H16N6/c1-8(2)4-3-5-12-9-6-11-7-10-13-14-15-16(9)10/h6-8,12H,3-5H2,1-2H3. The molecule has 0 aliphatic carbocycles. The van der Waals surface area contributed by atoms with Gasteiger partial charge in [-0.15, -0.1) is 5.10 Å².